The number of carbonyl (C=O) groups excluding carboxylic acids is 2. The molecule has 19 heavy (non-hydrogen) atoms. The number of alkyl carbamates (subject to hydrolysis) is 1. The van der Waals surface area contributed by atoms with Gasteiger partial charge in [0.1, 0.15) is 11.7 Å². The molecule has 1 aliphatic carbocycles. The molecule has 0 radical (unpaired) electrons. The highest BCUT2D eigenvalue weighted by molar-refractivity contribution is 7.99. The number of amides is 1. The Labute approximate surface area is 118 Å². The van der Waals surface area contributed by atoms with Crippen LogP contribution in [0.3, 0.4) is 0 Å². The highest BCUT2D eigenvalue weighted by Gasteiger charge is 2.37. The van der Waals surface area contributed by atoms with E-state index in [0.29, 0.717) is 5.25 Å². The molecule has 1 fully saturated rings. The van der Waals surface area contributed by atoms with Crippen LogP contribution in [0.5, 0.6) is 0 Å². The Hall–Kier alpha value is -0.910. The van der Waals surface area contributed by atoms with E-state index in [-0.39, 0.29) is 18.1 Å². The molecule has 1 N–H and O–H groups in total. The molecule has 0 bridgehead atoms. The zero-order valence-corrected chi connectivity index (χ0v) is 13.0. The van der Waals surface area contributed by atoms with Crippen molar-refractivity contribution in [1.29, 1.82) is 0 Å². The predicted octanol–water partition coefficient (Wildman–Crippen LogP) is 2.34. The minimum Gasteiger partial charge on any atom is -0.460 e. The summed E-state index contributed by atoms with van der Waals surface area (Å²) in [6, 6.07) is -0.170. The fourth-order valence-electron chi connectivity index (χ4n) is 2.10. The zero-order chi connectivity index (χ0) is 14.6. The van der Waals surface area contributed by atoms with Crippen molar-refractivity contribution in [1.82, 2.24) is 5.32 Å². The van der Waals surface area contributed by atoms with Gasteiger partial charge in [-0.05, 0) is 39.9 Å². The van der Waals surface area contributed by atoms with Gasteiger partial charge >= 0.3 is 12.1 Å². The summed E-state index contributed by atoms with van der Waals surface area (Å²) in [5.74, 6) is -0.317. The molecule has 1 aliphatic rings. The van der Waals surface area contributed by atoms with Gasteiger partial charge in [-0.1, -0.05) is 0 Å². The van der Waals surface area contributed by atoms with Crippen molar-refractivity contribution >= 4 is 23.8 Å². The number of esters is 1. The summed E-state index contributed by atoms with van der Waals surface area (Å²) < 4.78 is 10.5. The topological polar surface area (TPSA) is 64.6 Å². The third-order valence-corrected chi connectivity index (χ3v) is 3.87. The molecule has 0 spiro atoms. The van der Waals surface area contributed by atoms with E-state index in [4.69, 9.17) is 9.47 Å². The van der Waals surface area contributed by atoms with E-state index < -0.39 is 11.7 Å². The fourth-order valence-corrected chi connectivity index (χ4v) is 2.88. The second kappa shape index (κ2) is 6.50. The van der Waals surface area contributed by atoms with Crippen LogP contribution in [-0.2, 0) is 14.3 Å². The molecule has 5 nitrogen and oxygen atoms in total. The quantitative estimate of drug-likeness (QED) is 0.808. The Balaban J connectivity index is 2.58. The van der Waals surface area contributed by atoms with Crippen molar-refractivity contribution in [3.63, 3.8) is 0 Å². The normalized spacial score (nSPS) is 26.9. The Morgan fingerprint density at radius 1 is 1.26 bits per heavy atom. The fraction of sp³-hybridized carbons (Fsp3) is 0.846. The lowest BCUT2D eigenvalue weighted by Crippen LogP contribution is -2.44. The average molecular weight is 289 g/mol. The number of ether oxygens (including phenoxy) is 2. The van der Waals surface area contributed by atoms with Gasteiger partial charge in [-0.25, -0.2) is 4.79 Å². The molecule has 110 valence electrons. The highest BCUT2D eigenvalue weighted by Crippen LogP contribution is 2.31. The molecule has 3 atom stereocenters. The number of carbonyl (C=O) groups is 2. The minimum atomic E-state index is -0.529. The molecule has 0 aromatic heterocycles. The minimum absolute atomic E-state index is 0.170. The molecule has 0 aromatic carbocycles. The molecular weight excluding hydrogens is 266 g/mol. The first kappa shape index (κ1) is 16.1. The van der Waals surface area contributed by atoms with Crippen molar-refractivity contribution < 1.29 is 19.1 Å². The predicted molar refractivity (Wildman–Crippen MR) is 75.2 cm³/mol. The summed E-state index contributed by atoms with van der Waals surface area (Å²) in [4.78, 5) is 22.8. The lowest BCUT2D eigenvalue weighted by molar-refractivity contribution is -0.146. The monoisotopic (exact) mass is 289 g/mol. The van der Waals surface area contributed by atoms with Crippen LogP contribution < -0.4 is 5.32 Å². The van der Waals surface area contributed by atoms with Gasteiger partial charge in [0.15, 0.2) is 0 Å². The maximum atomic E-state index is 11.8. The summed E-state index contributed by atoms with van der Waals surface area (Å²) in [5.41, 5.74) is -0.529. The smallest absolute Gasteiger partial charge is 0.408 e. The van der Waals surface area contributed by atoms with Gasteiger partial charge in [0, 0.05) is 12.2 Å². The standard InChI is InChI=1S/C13H23NO4S/c1-8(15)17-11-7-9(19-5)6-10(11)14-12(16)18-13(2,3)4/h9-11H,6-7H2,1-5H3,(H,14,16). The van der Waals surface area contributed by atoms with Crippen LogP contribution >= 0.6 is 11.8 Å². The van der Waals surface area contributed by atoms with Crippen molar-refractivity contribution in [2.24, 2.45) is 0 Å². The number of nitrogens with one attached hydrogen (secondary N) is 1. The van der Waals surface area contributed by atoms with Gasteiger partial charge in [-0.15, -0.1) is 0 Å². The molecule has 6 heteroatoms. The van der Waals surface area contributed by atoms with Crippen LogP contribution in [0.1, 0.15) is 40.5 Å². The summed E-state index contributed by atoms with van der Waals surface area (Å²) in [5, 5.41) is 3.20. The van der Waals surface area contributed by atoms with E-state index in [1.54, 1.807) is 11.8 Å². The van der Waals surface area contributed by atoms with E-state index in [2.05, 4.69) is 5.32 Å². The first-order valence-corrected chi connectivity index (χ1v) is 7.69. The lowest BCUT2D eigenvalue weighted by atomic mass is 10.2. The van der Waals surface area contributed by atoms with Crippen molar-refractivity contribution in [2.45, 2.75) is 63.5 Å². The van der Waals surface area contributed by atoms with Gasteiger partial charge in [0.2, 0.25) is 0 Å². The third-order valence-electron chi connectivity index (χ3n) is 2.81. The van der Waals surface area contributed by atoms with Crippen LogP contribution in [-0.4, -0.2) is 41.3 Å². The van der Waals surface area contributed by atoms with Gasteiger partial charge < -0.3 is 14.8 Å². The molecule has 1 saturated carbocycles. The second-order valence-electron chi connectivity index (χ2n) is 5.73. The molecule has 1 amide bonds. The average Bonchev–Trinajstić information content (AvgIpc) is 2.57. The summed E-state index contributed by atoms with van der Waals surface area (Å²) in [7, 11) is 0. The summed E-state index contributed by atoms with van der Waals surface area (Å²) >= 11 is 1.72. The maximum Gasteiger partial charge on any atom is 0.408 e. The summed E-state index contributed by atoms with van der Waals surface area (Å²) in [6.45, 7) is 6.83. The van der Waals surface area contributed by atoms with Crippen molar-refractivity contribution in [3.05, 3.63) is 0 Å². The van der Waals surface area contributed by atoms with E-state index in [1.807, 2.05) is 27.0 Å². The van der Waals surface area contributed by atoms with Crippen LogP contribution in [0, 0.1) is 0 Å². The molecule has 0 aliphatic heterocycles. The van der Waals surface area contributed by atoms with Crippen LogP contribution in [0.4, 0.5) is 4.79 Å². The number of rotatable bonds is 3. The molecule has 1 rings (SSSR count). The molecule has 0 aromatic rings. The summed E-state index contributed by atoms with van der Waals surface area (Å²) in [6.07, 6.45) is 2.85. The van der Waals surface area contributed by atoms with Crippen molar-refractivity contribution in [3.8, 4) is 0 Å². The van der Waals surface area contributed by atoms with Gasteiger partial charge in [-0.3, -0.25) is 4.79 Å². The SMILES string of the molecule is CSC1CC(NC(=O)OC(C)(C)C)C(OC(C)=O)C1. The Kier molecular flexibility index (Phi) is 5.52. The first-order chi connectivity index (χ1) is 8.71. The Morgan fingerprint density at radius 3 is 2.37 bits per heavy atom. The highest BCUT2D eigenvalue weighted by atomic mass is 32.2. The van der Waals surface area contributed by atoms with E-state index in [1.165, 1.54) is 6.92 Å². The number of hydrogen-bond donors (Lipinski definition) is 1. The van der Waals surface area contributed by atoms with Gasteiger partial charge in [-0.2, -0.15) is 11.8 Å². The second-order valence-corrected chi connectivity index (χ2v) is 6.87. The molecule has 0 heterocycles. The Morgan fingerprint density at radius 2 is 1.89 bits per heavy atom. The zero-order valence-electron chi connectivity index (χ0n) is 12.2. The largest absolute Gasteiger partial charge is 0.460 e. The van der Waals surface area contributed by atoms with Gasteiger partial charge in [0.25, 0.3) is 0 Å². The van der Waals surface area contributed by atoms with E-state index in [9.17, 15) is 9.59 Å². The molecule has 3 unspecified atom stereocenters. The van der Waals surface area contributed by atoms with Crippen LogP contribution in [0.15, 0.2) is 0 Å². The van der Waals surface area contributed by atoms with Crippen LogP contribution in [0.2, 0.25) is 0 Å². The van der Waals surface area contributed by atoms with Crippen LogP contribution in [0.25, 0.3) is 0 Å². The third kappa shape index (κ3) is 5.72. The van der Waals surface area contributed by atoms with Gasteiger partial charge in [0.05, 0.1) is 6.04 Å². The van der Waals surface area contributed by atoms with Crippen molar-refractivity contribution in [2.75, 3.05) is 6.26 Å². The number of thioether (sulfide) groups is 1. The maximum absolute atomic E-state index is 11.8. The van der Waals surface area contributed by atoms with E-state index in [0.717, 1.165) is 12.8 Å². The molecular formula is C13H23NO4S. The first-order valence-electron chi connectivity index (χ1n) is 6.41. The van der Waals surface area contributed by atoms with E-state index >= 15 is 0 Å². The molecule has 0 saturated heterocycles. The lowest BCUT2D eigenvalue weighted by Gasteiger charge is -2.24. The number of hydrogen-bond acceptors (Lipinski definition) is 5. The Bertz CT molecular complexity index is 340.